The Morgan fingerprint density at radius 2 is 1.84 bits per heavy atom. The Bertz CT molecular complexity index is 762. The maximum atomic E-state index is 12.9. The van der Waals surface area contributed by atoms with Gasteiger partial charge in [-0.25, -0.2) is 0 Å². The zero-order valence-corrected chi connectivity index (χ0v) is 14.8. The van der Waals surface area contributed by atoms with E-state index in [-0.39, 0.29) is 23.2 Å². The fourth-order valence-corrected chi connectivity index (χ4v) is 3.34. The minimum absolute atomic E-state index is 0.0771. The van der Waals surface area contributed by atoms with Gasteiger partial charge in [-0.1, -0.05) is 29.8 Å². The van der Waals surface area contributed by atoms with E-state index in [4.69, 9.17) is 9.47 Å². The Kier molecular flexibility index (Phi) is 4.83. The lowest BCUT2D eigenvalue weighted by Crippen LogP contribution is -2.28. The number of carbonyl (C=O) groups is 1. The van der Waals surface area contributed by atoms with E-state index in [1.165, 1.54) is 25.3 Å². The predicted molar refractivity (Wildman–Crippen MR) is 95.7 cm³/mol. The van der Waals surface area contributed by atoms with Crippen molar-refractivity contribution in [3.8, 4) is 17.2 Å². The first-order valence-corrected chi connectivity index (χ1v) is 8.34. The van der Waals surface area contributed by atoms with E-state index in [0.29, 0.717) is 24.6 Å². The summed E-state index contributed by atoms with van der Waals surface area (Å²) < 4.78 is 10.3. The lowest BCUT2D eigenvalue weighted by molar-refractivity contribution is 0.0790. The number of carbonyl (C=O) groups excluding carboxylic acids is 1. The number of hydrogen-bond donors (Lipinski definition) is 1. The summed E-state index contributed by atoms with van der Waals surface area (Å²) in [6.07, 6.45) is 0.946. The van der Waals surface area contributed by atoms with Crippen molar-refractivity contribution in [3.05, 3.63) is 53.1 Å². The van der Waals surface area contributed by atoms with E-state index in [9.17, 15) is 9.90 Å². The van der Waals surface area contributed by atoms with Gasteiger partial charge in [-0.05, 0) is 31.0 Å². The van der Waals surface area contributed by atoms with Gasteiger partial charge in [0.05, 0.1) is 14.2 Å². The average molecular weight is 341 g/mol. The number of aromatic hydroxyl groups is 1. The molecule has 1 amide bonds. The van der Waals surface area contributed by atoms with Crippen LogP contribution in [0.4, 0.5) is 0 Å². The molecular weight excluding hydrogens is 318 g/mol. The Labute approximate surface area is 147 Å². The molecule has 1 fully saturated rings. The van der Waals surface area contributed by atoms with E-state index >= 15 is 0 Å². The molecule has 1 saturated heterocycles. The maximum absolute atomic E-state index is 12.9. The monoisotopic (exact) mass is 341 g/mol. The number of rotatable bonds is 4. The van der Waals surface area contributed by atoms with Crippen LogP contribution < -0.4 is 9.47 Å². The smallest absolute Gasteiger partial charge is 0.254 e. The minimum atomic E-state index is -0.0967. The van der Waals surface area contributed by atoms with Crippen molar-refractivity contribution in [2.24, 2.45) is 0 Å². The highest BCUT2D eigenvalue weighted by molar-refractivity contribution is 5.95. The number of aryl methyl sites for hydroxylation is 1. The summed E-state index contributed by atoms with van der Waals surface area (Å²) in [5, 5.41) is 10.0. The van der Waals surface area contributed by atoms with Crippen LogP contribution in [0.3, 0.4) is 0 Å². The molecule has 0 saturated carbocycles. The van der Waals surface area contributed by atoms with Crippen LogP contribution in [-0.2, 0) is 0 Å². The number of hydrogen-bond acceptors (Lipinski definition) is 4. The Morgan fingerprint density at radius 3 is 2.44 bits per heavy atom. The highest BCUT2D eigenvalue weighted by Gasteiger charge is 2.29. The summed E-state index contributed by atoms with van der Waals surface area (Å²) in [5.74, 6) is 0.645. The minimum Gasteiger partial charge on any atom is -0.502 e. The number of phenolic OH excluding ortho intramolecular Hbond substituents is 1. The van der Waals surface area contributed by atoms with Gasteiger partial charge in [0.25, 0.3) is 5.91 Å². The topological polar surface area (TPSA) is 59.0 Å². The molecule has 25 heavy (non-hydrogen) atoms. The van der Waals surface area contributed by atoms with Crippen LogP contribution in [0.1, 0.15) is 33.8 Å². The molecule has 3 rings (SSSR count). The molecule has 1 aliphatic heterocycles. The predicted octanol–water partition coefficient (Wildman–Crippen LogP) is 3.35. The molecule has 0 spiro atoms. The zero-order valence-electron chi connectivity index (χ0n) is 14.8. The molecule has 0 bridgehead atoms. The molecule has 5 heteroatoms. The fraction of sp³-hybridized carbons (Fsp3) is 0.350. The van der Waals surface area contributed by atoms with Crippen molar-refractivity contribution in [3.63, 3.8) is 0 Å². The molecule has 0 radical (unpaired) electrons. The van der Waals surface area contributed by atoms with Gasteiger partial charge in [0, 0.05) is 24.6 Å². The first kappa shape index (κ1) is 17.1. The van der Waals surface area contributed by atoms with Crippen LogP contribution in [-0.4, -0.2) is 43.2 Å². The standard InChI is InChI=1S/C20H23NO4/c1-13-5-4-6-14(9-13)15-7-8-21(12-15)20(23)16-10-17(24-2)19(22)18(11-16)25-3/h4-6,9-11,15,22H,7-8,12H2,1-3H3. The SMILES string of the molecule is COc1cc(C(=O)N2CCC(c3cccc(C)c3)C2)cc(OC)c1O. The third-order valence-corrected chi connectivity index (χ3v) is 4.72. The molecule has 132 valence electrons. The first-order chi connectivity index (χ1) is 12.0. The summed E-state index contributed by atoms with van der Waals surface area (Å²) in [5.41, 5.74) is 2.96. The Morgan fingerprint density at radius 1 is 1.16 bits per heavy atom. The first-order valence-electron chi connectivity index (χ1n) is 8.34. The molecule has 0 aromatic heterocycles. The van der Waals surface area contributed by atoms with Crippen molar-refractivity contribution in [1.82, 2.24) is 4.90 Å². The second-order valence-corrected chi connectivity index (χ2v) is 6.38. The lowest BCUT2D eigenvalue weighted by atomic mass is 9.97. The molecule has 2 aromatic rings. The van der Waals surface area contributed by atoms with Crippen molar-refractivity contribution >= 4 is 5.91 Å². The Balaban J connectivity index is 1.80. The molecule has 5 nitrogen and oxygen atoms in total. The van der Waals surface area contributed by atoms with E-state index in [1.807, 2.05) is 4.90 Å². The molecule has 2 aromatic carbocycles. The van der Waals surface area contributed by atoms with Crippen molar-refractivity contribution in [1.29, 1.82) is 0 Å². The third kappa shape index (κ3) is 3.40. The van der Waals surface area contributed by atoms with Crippen LogP contribution in [0.15, 0.2) is 36.4 Å². The van der Waals surface area contributed by atoms with Gasteiger partial charge in [0.1, 0.15) is 0 Å². The molecular formula is C20H23NO4. The summed E-state index contributed by atoms with van der Waals surface area (Å²) >= 11 is 0. The van der Waals surface area contributed by atoms with Gasteiger partial charge in [-0.3, -0.25) is 4.79 Å². The number of benzene rings is 2. The summed E-state index contributed by atoms with van der Waals surface area (Å²) in [6.45, 7) is 3.48. The van der Waals surface area contributed by atoms with E-state index in [1.54, 1.807) is 12.1 Å². The molecule has 1 N–H and O–H groups in total. The van der Waals surface area contributed by atoms with Gasteiger partial charge in [-0.15, -0.1) is 0 Å². The van der Waals surface area contributed by atoms with Crippen molar-refractivity contribution < 1.29 is 19.4 Å². The number of phenols is 1. The van der Waals surface area contributed by atoms with Crippen molar-refractivity contribution in [2.45, 2.75) is 19.3 Å². The fourth-order valence-electron chi connectivity index (χ4n) is 3.34. The number of nitrogens with zero attached hydrogens (tertiary/aromatic N) is 1. The van der Waals surface area contributed by atoms with Gasteiger partial charge in [0.15, 0.2) is 11.5 Å². The second kappa shape index (κ2) is 7.05. The number of likely N-dealkylation sites (tertiary alicyclic amines) is 1. The molecule has 1 heterocycles. The van der Waals surface area contributed by atoms with Crippen molar-refractivity contribution in [2.75, 3.05) is 27.3 Å². The van der Waals surface area contributed by atoms with Crippen LogP contribution in [0.25, 0.3) is 0 Å². The van der Waals surface area contributed by atoms with Crippen LogP contribution in [0, 0.1) is 6.92 Å². The van der Waals surface area contributed by atoms with E-state index in [2.05, 4.69) is 31.2 Å². The highest BCUT2D eigenvalue weighted by atomic mass is 16.5. The van der Waals surface area contributed by atoms with Crippen LogP contribution in [0.5, 0.6) is 17.2 Å². The van der Waals surface area contributed by atoms with Gasteiger partial charge in [0.2, 0.25) is 5.75 Å². The summed E-state index contributed by atoms with van der Waals surface area (Å²) in [4.78, 5) is 14.7. The van der Waals surface area contributed by atoms with E-state index < -0.39 is 0 Å². The molecule has 1 unspecified atom stereocenters. The quantitative estimate of drug-likeness (QED) is 0.926. The number of amides is 1. The summed E-state index contributed by atoms with van der Waals surface area (Å²) in [6, 6.07) is 11.6. The molecule has 0 aliphatic carbocycles. The molecule has 1 aliphatic rings. The summed E-state index contributed by atoms with van der Waals surface area (Å²) in [7, 11) is 2.90. The van der Waals surface area contributed by atoms with E-state index in [0.717, 1.165) is 6.42 Å². The van der Waals surface area contributed by atoms with Gasteiger partial charge < -0.3 is 19.5 Å². The zero-order chi connectivity index (χ0) is 18.0. The normalized spacial score (nSPS) is 16.8. The Hall–Kier alpha value is -2.69. The molecule has 1 atom stereocenters. The van der Waals surface area contributed by atoms with Crippen LogP contribution >= 0.6 is 0 Å². The van der Waals surface area contributed by atoms with Gasteiger partial charge >= 0.3 is 0 Å². The van der Waals surface area contributed by atoms with Gasteiger partial charge in [-0.2, -0.15) is 0 Å². The average Bonchev–Trinajstić information content (AvgIpc) is 3.11. The maximum Gasteiger partial charge on any atom is 0.254 e. The third-order valence-electron chi connectivity index (χ3n) is 4.72. The largest absolute Gasteiger partial charge is 0.502 e. The van der Waals surface area contributed by atoms with Crippen LogP contribution in [0.2, 0.25) is 0 Å². The highest BCUT2D eigenvalue weighted by Crippen LogP contribution is 2.38. The second-order valence-electron chi connectivity index (χ2n) is 6.38. The lowest BCUT2D eigenvalue weighted by Gasteiger charge is -2.18. The number of methoxy groups -OCH3 is 2. The number of ether oxygens (including phenoxy) is 2.